The molecule has 2 aromatic rings. The molecule has 0 saturated heterocycles. The van der Waals surface area contributed by atoms with Gasteiger partial charge in [-0.2, -0.15) is 0 Å². The summed E-state index contributed by atoms with van der Waals surface area (Å²) < 4.78 is 0. The number of nitrogens with one attached hydrogen (secondary N) is 2. The number of aryl methyl sites for hydroxylation is 1. The number of nitrogens with zero attached hydrogens (tertiary/aromatic N) is 1. The van der Waals surface area contributed by atoms with Crippen molar-refractivity contribution in [2.24, 2.45) is 0 Å². The zero-order valence-electron chi connectivity index (χ0n) is 11.1. The van der Waals surface area contributed by atoms with E-state index in [1.807, 2.05) is 6.92 Å². The number of carbonyl (C=O) groups is 1. The predicted octanol–water partition coefficient (Wildman–Crippen LogP) is 4.20. The van der Waals surface area contributed by atoms with Crippen molar-refractivity contribution in [3.05, 3.63) is 63.2 Å². The summed E-state index contributed by atoms with van der Waals surface area (Å²) in [4.78, 5) is 22.2. The number of halogens is 1. The van der Waals surface area contributed by atoms with Gasteiger partial charge in [0.1, 0.15) is 5.69 Å². The van der Waals surface area contributed by atoms with Crippen LogP contribution in [-0.4, -0.2) is 11.0 Å². The molecule has 0 radical (unpaired) electrons. The summed E-state index contributed by atoms with van der Waals surface area (Å²) in [5.41, 5.74) is 1.34. The maximum absolute atomic E-state index is 11.9. The Labute approximate surface area is 125 Å². The van der Waals surface area contributed by atoms with E-state index in [1.54, 1.807) is 24.3 Å². The molecule has 0 aromatic heterocycles. The second-order valence-corrected chi connectivity index (χ2v) is 4.72. The van der Waals surface area contributed by atoms with Crippen LogP contribution < -0.4 is 10.6 Å². The first-order valence-corrected chi connectivity index (χ1v) is 6.43. The van der Waals surface area contributed by atoms with Crippen molar-refractivity contribution >= 4 is 34.7 Å². The van der Waals surface area contributed by atoms with Crippen LogP contribution in [0.4, 0.5) is 21.9 Å². The Morgan fingerprint density at radius 3 is 2.57 bits per heavy atom. The molecule has 0 aliphatic rings. The number of nitro benzene ring substituents is 1. The molecule has 0 aliphatic heterocycles. The standard InChI is InChI=1S/C14H12ClN3O3/c1-9-6-7-10(8-11(9)15)16-14(19)17-12-4-2-3-5-13(12)18(20)21/h2-8H,1H3,(H2,16,17,19). The molecule has 0 aliphatic carbocycles. The van der Waals surface area contributed by atoms with Crippen LogP contribution in [0.1, 0.15) is 5.56 Å². The van der Waals surface area contributed by atoms with Gasteiger partial charge in [0.15, 0.2) is 0 Å². The SMILES string of the molecule is Cc1ccc(NC(=O)Nc2ccccc2[N+](=O)[O-])cc1Cl. The Bertz CT molecular complexity index is 704. The van der Waals surface area contributed by atoms with E-state index in [0.717, 1.165) is 5.56 Å². The minimum absolute atomic E-state index is 0.123. The summed E-state index contributed by atoms with van der Waals surface area (Å²) in [6.45, 7) is 1.85. The van der Waals surface area contributed by atoms with Crippen molar-refractivity contribution < 1.29 is 9.72 Å². The molecule has 6 nitrogen and oxygen atoms in total. The molecular weight excluding hydrogens is 294 g/mol. The summed E-state index contributed by atoms with van der Waals surface area (Å²) in [5, 5.41) is 16.4. The lowest BCUT2D eigenvalue weighted by Crippen LogP contribution is -2.20. The number of amides is 2. The van der Waals surface area contributed by atoms with Crippen molar-refractivity contribution in [3.8, 4) is 0 Å². The Morgan fingerprint density at radius 1 is 1.19 bits per heavy atom. The number of anilines is 2. The van der Waals surface area contributed by atoms with Gasteiger partial charge in [0.25, 0.3) is 5.69 Å². The molecule has 0 spiro atoms. The van der Waals surface area contributed by atoms with Gasteiger partial charge in [-0.05, 0) is 30.7 Å². The van der Waals surface area contributed by atoms with Crippen molar-refractivity contribution in [3.63, 3.8) is 0 Å². The van der Waals surface area contributed by atoms with Gasteiger partial charge < -0.3 is 10.6 Å². The molecule has 0 atom stereocenters. The monoisotopic (exact) mass is 305 g/mol. The number of benzene rings is 2. The summed E-state index contributed by atoms with van der Waals surface area (Å²) in [6.07, 6.45) is 0. The first kappa shape index (κ1) is 14.8. The van der Waals surface area contributed by atoms with E-state index in [4.69, 9.17) is 11.6 Å². The lowest BCUT2D eigenvalue weighted by molar-refractivity contribution is -0.383. The zero-order valence-corrected chi connectivity index (χ0v) is 11.8. The number of hydrogen-bond acceptors (Lipinski definition) is 3. The van der Waals surface area contributed by atoms with Crippen LogP contribution >= 0.6 is 11.6 Å². The highest BCUT2D eigenvalue weighted by Crippen LogP contribution is 2.24. The van der Waals surface area contributed by atoms with E-state index in [2.05, 4.69) is 10.6 Å². The second-order valence-electron chi connectivity index (χ2n) is 4.32. The van der Waals surface area contributed by atoms with Gasteiger partial charge in [-0.3, -0.25) is 10.1 Å². The second kappa shape index (κ2) is 6.23. The molecule has 2 aromatic carbocycles. The molecule has 2 rings (SSSR count). The lowest BCUT2D eigenvalue weighted by atomic mass is 10.2. The molecule has 0 bridgehead atoms. The Kier molecular flexibility index (Phi) is 4.39. The largest absolute Gasteiger partial charge is 0.323 e. The molecular formula is C14H12ClN3O3. The number of carbonyl (C=O) groups excluding carboxylic acids is 1. The summed E-state index contributed by atoms with van der Waals surface area (Å²) in [7, 11) is 0. The van der Waals surface area contributed by atoms with Gasteiger partial charge in [0.2, 0.25) is 0 Å². The van der Waals surface area contributed by atoms with Gasteiger partial charge >= 0.3 is 6.03 Å². The average Bonchev–Trinajstić information content (AvgIpc) is 2.43. The van der Waals surface area contributed by atoms with Crippen LogP contribution in [0.2, 0.25) is 5.02 Å². The molecule has 7 heteroatoms. The first-order chi connectivity index (χ1) is 9.97. The lowest BCUT2D eigenvalue weighted by Gasteiger charge is -2.09. The van der Waals surface area contributed by atoms with Crippen LogP contribution in [0.15, 0.2) is 42.5 Å². The van der Waals surface area contributed by atoms with E-state index in [9.17, 15) is 14.9 Å². The van der Waals surface area contributed by atoms with Crippen LogP contribution in [0.25, 0.3) is 0 Å². The zero-order chi connectivity index (χ0) is 15.4. The number of urea groups is 1. The number of nitro groups is 1. The topological polar surface area (TPSA) is 84.3 Å². The van der Waals surface area contributed by atoms with E-state index in [-0.39, 0.29) is 11.4 Å². The van der Waals surface area contributed by atoms with Crippen molar-refractivity contribution in [1.29, 1.82) is 0 Å². The summed E-state index contributed by atoms with van der Waals surface area (Å²) >= 11 is 5.96. The molecule has 2 N–H and O–H groups in total. The van der Waals surface area contributed by atoms with Crippen molar-refractivity contribution in [2.45, 2.75) is 6.92 Å². The third-order valence-corrected chi connectivity index (χ3v) is 3.19. The van der Waals surface area contributed by atoms with Gasteiger partial charge in [0, 0.05) is 16.8 Å². The molecule has 0 saturated carbocycles. The molecule has 0 fully saturated rings. The normalized spacial score (nSPS) is 10.0. The minimum atomic E-state index is -0.579. The van der Waals surface area contributed by atoms with E-state index in [1.165, 1.54) is 18.2 Å². The predicted molar refractivity (Wildman–Crippen MR) is 81.9 cm³/mol. The first-order valence-electron chi connectivity index (χ1n) is 6.05. The molecule has 0 unspecified atom stereocenters. The molecule has 2 amide bonds. The minimum Gasteiger partial charge on any atom is -0.308 e. The highest BCUT2D eigenvalue weighted by molar-refractivity contribution is 6.31. The van der Waals surface area contributed by atoms with Gasteiger partial charge in [-0.1, -0.05) is 29.8 Å². The Hall–Kier alpha value is -2.60. The van der Waals surface area contributed by atoms with Crippen molar-refractivity contribution in [1.82, 2.24) is 0 Å². The quantitative estimate of drug-likeness (QED) is 0.658. The Balaban J connectivity index is 2.12. The van der Waals surface area contributed by atoms with Crippen LogP contribution in [0.3, 0.4) is 0 Å². The van der Waals surface area contributed by atoms with Gasteiger partial charge in [0.05, 0.1) is 4.92 Å². The highest BCUT2D eigenvalue weighted by Gasteiger charge is 2.14. The fourth-order valence-electron chi connectivity index (χ4n) is 1.69. The van der Waals surface area contributed by atoms with Crippen LogP contribution in [0.5, 0.6) is 0 Å². The van der Waals surface area contributed by atoms with Crippen LogP contribution in [-0.2, 0) is 0 Å². The molecule has 0 heterocycles. The number of hydrogen-bond donors (Lipinski definition) is 2. The maximum Gasteiger partial charge on any atom is 0.323 e. The highest BCUT2D eigenvalue weighted by atomic mass is 35.5. The Morgan fingerprint density at radius 2 is 1.90 bits per heavy atom. The van der Waals surface area contributed by atoms with Crippen molar-refractivity contribution in [2.75, 3.05) is 10.6 Å². The van der Waals surface area contributed by atoms with E-state index >= 15 is 0 Å². The van der Waals surface area contributed by atoms with E-state index in [0.29, 0.717) is 10.7 Å². The summed E-state index contributed by atoms with van der Waals surface area (Å²) in [5.74, 6) is 0. The number of para-hydroxylation sites is 2. The number of rotatable bonds is 3. The maximum atomic E-state index is 11.9. The third kappa shape index (κ3) is 3.70. The molecule has 108 valence electrons. The summed E-state index contributed by atoms with van der Waals surface area (Å²) in [6, 6.07) is 10.4. The van der Waals surface area contributed by atoms with E-state index < -0.39 is 11.0 Å². The fourth-order valence-corrected chi connectivity index (χ4v) is 1.87. The fraction of sp³-hybridized carbons (Fsp3) is 0.0714. The average molecular weight is 306 g/mol. The van der Waals surface area contributed by atoms with Gasteiger partial charge in [-0.15, -0.1) is 0 Å². The smallest absolute Gasteiger partial charge is 0.308 e. The van der Waals surface area contributed by atoms with Crippen LogP contribution in [0, 0.1) is 17.0 Å². The third-order valence-electron chi connectivity index (χ3n) is 2.78. The van der Waals surface area contributed by atoms with Gasteiger partial charge in [-0.25, -0.2) is 4.79 Å². The molecule has 21 heavy (non-hydrogen) atoms.